The molecule has 23 heavy (non-hydrogen) atoms. The third kappa shape index (κ3) is 7.99. The van der Waals surface area contributed by atoms with Crippen LogP contribution in [0.15, 0.2) is 18.5 Å². The Balaban J connectivity index is 0. The Morgan fingerprint density at radius 3 is 2.30 bits per heavy atom. The van der Waals surface area contributed by atoms with Gasteiger partial charge in [-0.15, -0.1) is 37.2 Å². The van der Waals surface area contributed by atoms with Gasteiger partial charge in [0.25, 0.3) is 0 Å². The number of hydrogen-bond acceptors (Lipinski definition) is 6. The fourth-order valence-corrected chi connectivity index (χ4v) is 2.12. The highest BCUT2D eigenvalue weighted by atomic mass is 35.5. The van der Waals surface area contributed by atoms with Gasteiger partial charge in [-0.3, -0.25) is 9.69 Å². The lowest BCUT2D eigenvalue weighted by Gasteiger charge is -2.34. The number of piperazine rings is 1. The topological polar surface area (TPSA) is 87.4 Å². The summed E-state index contributed by atoms with van der Waals surface area (Å²) in [5.74, 6) is 0.693. The summed E-state index contributed by atoms with van der Waals surface area (Å²) >= 11 is 0. The maximum Gasteiger partial charge on any atom is 0.236 e. The van der Waals surface area contributed by atoms with Crippen molar-refractivity contribution >= 4 is 49.1 Å². The summed E-state index contributed by atoms with van der Waals surface area (Å²) in [5, 5.41) is 2.83. The van der Waals surface area contributed by atoms with Gasteiger partial charge >= 0.3 is 0 Å². The van der Waals surface area contributed by atoms with E-state index in [9.17, 15) is 4.79 Å². The van der Waals surface area contributed by atoms with Crippen molar-refractivity contribution in [2.45, 2.75) is 13.0 Å². The molecular weight excluding hydrogens is 363 g/mol. The van der Waals surface area contributed by atoms with Gasteiger partial charge in [-0.1, -0.05) is 0 Å². The maximum atomic E-state index is 11.3. The Kier molecular flexibility index (Phi) is 13.3. The summed E-state index contributed by atoms with van der Waals surface area (Å²) in [6, 6.07) is 1.38. The van der Waals surface area contributed by atoms with Crippen LogP contribution in [-0.4, -0.2) is 66.1 Å². The molecule has 2 rings (SSSR count). The Morgan fingerprint density at radius 2 is 1.78 bits per heavy atom. The highest BCUT2D eigenvalue weighted by molar-refractivity contribution is 5.86. The second kappa shape index (κ2) is 12.5. The average Bonchev–Trinajstić information content (AvgIpc) is 2.48. The molecule has 0 aliphatic carbocycles. The molecule has 0 aromatic carbocycles. The van der Waals surface area contributed by atoms with Crippen LogP contribution in [0.3, 0.4) is 0 Å². The number of hydrogen-bond donors (Lipinski definition) is 2. The minimum Gasteiger partial charge on any atom is -0.353 e. The number of nitrogens with zero attached hydrogens (tertiary/aromatic N) is 4. The van der Waals surface area contributed by atoms with Crippen LogP contribution in [0.2, 0.25) is 0 Å². The van der Waals surface area contributed by atoms with E-state index in [1.165, 1.54) is 0 Å². The number of halogens is 3. The van der Waals surface area contributed by atoms with Crippen LogP contribution in [0.25, 0.3) is 0 Å². The molecular formula is C13H25Cl3N6O. The molecule has 0 unspecified atom stereocenters. The second-order valence-corrected chi connectivity index (χ2v) is 4.96. The molecule has 1 aromatic heterocycles. The lowest BCUT2D eigenvalue weighted by Crippen LogP contribution is -2.49. The van der Waals surface area contributed by atoms with Crippen molar-refractivity contribution in [3.05, 3.63) is 18.5 Å². The summed E-state index contributed by atoms with van der Waals surface area (Å²) in [7, 11) is 0. The Morgan fingerprint density at radius 1 is 1.22 bits per heavy atom. The largest absolute Gasteiger partial charge is 0.353 e. The van der Waals surface area contributed by atoms with Crippen molar-refractivity contribution in [2.24, 2.45) is 5.73 Å². The highest BCUT2D eigenvalue weighted by Gasteiger charge is 2.18. The quantitative estimate of drug-likeness (QED) is 0.757. The molecule has 1 aromatic rings. The van der Waals surface area contributed by atoms with Gasteiger partial charge in [0.1, 0.15) is 0 Å². The first-order chi connectivity index (χ1) is 9.66. The van der Waals surface area contributed by atoms with Gasteiger partial charge in [-0.25, -0.2) is 9.97 Å². The molecule has 1 amide bonds. The van der Waals surface area contributed by atoms with Gasteiger partial charge in [0.15, 0.2) is 0 Å². The molecule has 0 saturated carbocycles. The van der Waals surface area contributed by atoms with Crippen molar-refractivity contribution in [3.63, 3.8) is 0 Å². The fourth-order valence-electron chi connectivity index (χ4n) is 2.12. The van der Waals surface area contributed by atoms with Crippen LogP contribution in [0.5, 0.6) is 0 Å². The van der Waals surface area contributed by atoms with Crippen LogP contribution in [-0.2, 0) is 4.79 Å². The zero-order chi connectivity index (χ0) is 14.4. The van der Waals surface area contributed by atoms with E-state index in [-0.39, 0.29) is 43.1 Å². The molecule has 134 valence electrons. The summed E-state index contributed by atoms with van der Waals surface area (Å²) in [6.07, 6.45) is 3.52. The van der Waals surface area contributed by atoms with Crippen molar-refractivity contribution in [1.82, 2.24) is 20.2 Å². The first kappa shape index (κ1) is 24.4. The average molecular weight is 388 g/mol. The summed E-state index contributed by atoms with van der Waals surface area (Å²) < 4.78 is 0. The van der Waals surface area contributed by atoms with E-state index in [0.717, 1.165) is 38.7 Å². The number of rotatable bonds is 5. The van der Waals surface area contributed by atoms with Crippen molar-refractivity contribution in [1.29, 1.82) is 0 Å². The molecule has 1 saturated heterocycles. The van der Waals surface area contributed by atoms with Crippen LogP contribution < -0.4 is 16.0 Å². The first-order valence-electron chi connectivity index (χ1n) is 6.94. The molecule has 1 fully saturated rings. The number of nitrogens with two attached hydrogens (primary N) is 1. The van der Waals surface area contributed by atoms with Crippen molar-refractivity contribution in [2.75, 3.05) is 44.2 Å². The smallest absolute Gasteiger partial charge is 0.236 e. The predicted octanol–water partition coefficient (Wildman–Crippen LogP) is 0.327. The van der Waals surface area contributed by atoms with E-state index in [1.54, 1.807) is 19.3 Å². The molecule has 7 nitrogen and oxygen atoms in total. The minimum absolute atomic E-state index is 0. The maximum absolute atomic E-state index is 11.3. The van der Waals surface area contributed by atoms with E-state index < -0.39 is 6.04 Å². The number of nitrogens with one attached hydrogen (secondary N) is 1. The number of carbonyl (C=O) groups is 1. The summed E-state index contributed by atoms with van der Waals surface area (Å²) in [5.41, 5.74) is 5.49. The van der Waals surface area contributed by atoms with E-state index in [2.05, 4.69) is 25.1 Å². The lowest BCUT2D eigenvalue weighted by molar-refractivity contribution is -0.122. The second-order valence-electron chi connectivity index (χ2n) is 4.96. The van der Waals surface area contributed by atoms with Gasteiger partial charge in [0.2, 0.25) is 11.9 Å². The molecule has 3 N–H and O–H groups in total. The van der Waals surface area contributed by atoms with Crippen molar-refractivity contribution in [3.8, 4) is 0 Å². The molecule has 0 radical (unpaired) electrons. The van der Waals surface area contributed by atoms with E-state index in [1.807, 2.05) is 6.07 Å². The Labute approximate surface area is 155 Å². The normalized spacial score (nSPS) is 15.5. The van der Waals surface area contributed by atoms with Crippen molar-refractivity contribution < 1.29 is 4.79 Å². The van der Waals surface area contributed by atoms with Gasteiger partial charge in [-0.05, 0) is 13.0 Å². The third-order valence-corrected chi connectivity index (χ3v) is 3.35. The highest BCUT2D eigenvalue weighted by Crippen LogP contribution is 2.08. The van der Waals surface area contributed by atoms with Crippen LogP contribution >= 0.6 is 37.2 Å². The zero-order valence-corrected chi connectivity index (χ0v) is 15.5. The summed E-state index contributed by atoms with van der Waals surface area (Å²) in [4.78, 5) is 24.4. The summed E-state index contributed by atoms with van der Waals surface area (Å²) in [6.45, 7) is 6.90. The number of carbonyl (C=O) groups excluding carboxylic acids is 1. The predicted molar refractivity (Wildman–Crippen MR) is 99.1 cm³/mol. The monoisotopic (exact) mass is 386 g/mol. The minimum atomic E-state index is -0.443. The van der Waals surface area contributed by atoms with Crippen LogP contribution in [0.1, 0.15) is 6.92 Å². The third-order valence-electron chi connectivity index (χ3n) is 3.35. The molecule has 2 heterocycles. The zero-order valence-electron chi connectivity index (χ0n) is 13.1. The number of anilines is 1. The molecule has 1 aliphatic rings. The molecule has 0 bridgehead atoms. The molecule has 1 atom stereocenters. The van der Waals surface area contributed by atoms with Crippen LogP contribution in [0, 0.1) is 0 Å². The fraction of sp³-hybridized carbons (Fsp3) is 0.615. The molecule has 1 aliphatic heterocycles. The van der Waals surface area contributed by atoms with Gasteiger partial charge in [-0.2, -0.15) is 0 Å². The number of amides is 1. The first-order valence-corrected chi connectivity index (χ1v) is 6.94. The van der Waals surface area contributed by atoms with Gasteiger partial charge in [0.05, 0.1) is 6.04 Å². The van der Waals surface area contributed by atoms with Gasteiger partial charge in [0, 0.05) is 51.7 Å². The Bertz CT molecular complexity index is 429. The van der Waals surface area contributed by atoms with E-state index in [0.29, 0.717) is 6.54 Å². The lowest BCUT2D eigenvalue weighted by atomic mass is 10.3. The standard InChI is InChI=1S/C13H22N6O.3ClH/c1-11(14)12(20)15-5-6-18-7-9-19(10-8-18)13-16-3-2-4-17-13;;;/h2-4,11H,5-10,14H2,1H3,(H,15,20);3*1H/t11-;;;/m1.../s1. The molecule has 0 spiro atoms. The van der Waals surface area contributed by atoms with E-state index >= 15 is 0 Å². The Hall–Kier alpha value is -0.860. The SMILES string of the molecule is C[C@@H](N)C(=O)NCCN1CCN(c2ncccn2)CC1.Cl.Cl.Cl. The van der Waals surface area contributed by atoms with Gasteiger partial charge < -0.3 is 16.0 Å². The van der Waals surface area contributed by atoms with Crippen LogP contribution in [0.4, 0.5) is 5.95 Å². The number of aromatic nitrogens is 2. The van der Waals surface area contributed by atoms with E-state index in [4.69, 9.17) is 5.73 Å². The molecule has 10 heteroatoms.